The van der Waals surface area contributed by atoms with Crippen LogP contribution in [-0.4, -0.2) is 212 Å². The third-order valence-electron chi connectivity index (χ3n) is 20.4. The zero-order valence-electron chi connectivity index (χ0n) is 73.1. The molecule has 0 unspecified atom stereocenters. The molecule has 2 aromatic carbocycles. The first kappa shape index (κ1) is 105. The summed E-state index contributed by atoms with van der Waals surface area (Å²) in [5.74, 6) is -12.6. The van der Waals surface area contributed by atoms with Gasteiger partial charge in [-0.3, -0.25) is 71.9 Å². The van der Waals surface area contributed by atoms with Gasteiger partial charge in [-0.1, -0.05) is 144 Å². The number of H-pyrrole nitrogens is 1. The number of fused-ring (bicyclic) bond motifs is 1. The molecule has 13 atom stereocenters. The summed E-state index contributed by atoms with van der Waals surface area (Å²) in [5, 5.41) is 38.6. The van der Waals surface area contributed by atoms with Crippen LogP contribution in [0.1, 0.15) is 203 Å². The zero-order valence-corrected chi connectivity index (χ0v) is 73.1. The standard InChI is InChI=1S/C85H143N21O15/c1-13-54(12)73(84(120)95-47-70(108)97-64(40-50(4)5)76(112)93-46-69(107)96-65(41-51(6)7)77(113)94-48-71(109)105-72(53(10)11)85(121)101-63(74(91)110)39-49(2)3)106-80(116)62(34-22-26-38-89)98-78(114)60(32-20-24-36-87)99-82(118)67(43-55-27-15-14-16-28-55)104-81(117)66(42-52(8)9)103-79(115)61(33-21-25-37-88)100-83(119)68(102-75(111)58(90)30-19-23-35-86)44-56-45-92-59-31-18-17-29-57(56)59/h14-18,27-29,31,45,49-54,58,60-68,72-73,92H,13,19-26,30,32-44,46-48,86-90H2,1-12H3,(H2,91,110)(H,93,112)(H,94,113)(H,95,120)(H,96,107)(H,97,108)(H,98,114)(H,99,118)(H,100,119)(H,101,121)(H,102,111)(H,103,115)(H,104,117)(H,105,109)(H,106,116)/t54-,58-,60-,61-,62-,63-,64-,65-,66-,67-,68-,72-,73-/m0/s1. The van der Waals surface area contributed by atoms with Crippen molar-refractivity contribution in [2.45, 2.75) is 278 Å². The second kappa shape index (κ2) is 56.4. The number of rotatable bonds is 60. The van der Waals surface area contributed by atoms with Gasteiger partial charge in [-0.25, -0.2) is 0 Å². The van der Waals surface area contributed by atoms with Crippen molar-refractivity contribution in [1.29, 1.82) is 0 Å². The van der Waals surface area contributed by atoms with Crippen molar-refractivity contribution >= 4 is 99.5 Å². The molecule has 0 radical (unpaired) electrons. The van der Waals surface area contributed by atoms with Crippen LogP contribution < -0.4 is 109 Å². The van der Waals surface area contributed by atoms with Crippen molar-refractivity contribution in [3.8, 4) is 0 Å². The molecular weight excluding hydrogens is 1560 g/mol. The minimum atomic E-state index is -1.39. The maximum Gasteiger partial charge on any atom is 0.243 e. The second-order valence-corrected chi connectivity index (χ2v) is 33.4. The summed E-state index contributed by atoms with van der Waals surface area (Å²) in [6.45, 7) is 20.7. The summed E-state index contributed by atoms with van der Waals surface area (Å²) < 4.78 is 0. The molecule has 0 aliphatic carbocycles. The Labute approximate surface area is 712 Å². The van der Waals surface area contributed by atoms with E-state index in [-0.39, 0.29) is 101 Å². The van der Waals surface area contributed by atoms with E-state index in [1.165, 1.54) is 0 Å². The van der Waals surface area contributed by atoms with Crippen molar-refractivity contribution < 1.29 is 71.9 Å². The lowest BCUT2D eigenvalue weighted by Crippen LogP contribution is -2.61. The van der Waals surface area contributed by atoms with E-state index >= 15 is 4.79 Å². The molecule has 0 fully saturated rings. The van der Waals surface area contributed by atoms with Gasteiger partial charge in [-0.15, -0.1) is 0 Å². The van der Waals surface area contributed by atoms with Crippen LogP contribution in [0.4, 0.5) is 0 Å². The molecule has 3 aromatic rings. The average molecular weight is 1700 g/mol. The lowest BCUT2D eigenvalue weighted by molar-refractivity contribution is -0.136. The summed E-state index contributed by atoms with van der Waals surface area (Å²) in [6.07, 6.45) is 6.59. The fourth-order valence-electron chi connectivity index (χ4n) is 13.5. The number of aromatic amines is 1. The van der Waals surface area contributed by atoms with Crippen molar-refractivity contribution in [3.63, 3.8) is 0 Å². The predicted octanol–water partition coefficient (Wildman–Crippen LogP) is -0.150. The third-order valence-corrected chi connectivity index (χ3v) is 20.4. The third kappa shape index (κ3) is 39.9. The molecule has 0 saturated carbocycles. The van der Waals surface area contributed by atoms with Crippen LogP contribution in [0.2, 0.25) is 0 Å². The van der Waals surface area contributed by atoms with E-state index in [0.29, 0.717) is 81.9 Å². The molecule has 678 valence electrons. The predicted molar refractivity (Wildman–Crippen MR) is 463 cm³/mol. The smallest absolute Gasteiger partial charge is 0.243 e. The Morgan fingerprint density at radius 2 is 0.702 bits per heavy atom. The van der Waals surface area contributed by atoms with Crippen molar-refractivity contribution in [2.75, 3.05) is 45.8 Å². The zero-order chi connectivity index (χ0) is 90.4. The van der Waals surface area contributed by atoms with Crippen LogP contribution in [0.15, 0.2) is 60.8 Å². The molecule has 121 heavy (non-hydrogen) atoms. The van der Waals surface area contributed by atoms with Gasteiger partial charge in [0.25, 0.3) is 0 Å². The maximum atomic E-state index is 15.0. The lowest BCUT2D eigenvalue weighted by atomic mass is 9.97. The van der Waals surface area contributed by atoms with Gasteiger partial charge in [0, 0.05) is 29.9 Å². The first-order valence-corrected chi connectivity index (χ1v) is 42.9. The highest BCUT2D eigenvalue weighted by Crippen LogP contribution is 2.21. The average Bonchev–Trinajstić information content (AvgIpc) is 1.68. The minimum Gasteiger partial charge on any atom is -0.368 e. The Hall–Kier alpha value is -10.2. The normalized spacial score (nSPS) is 14.7. The molecule has 1 heterocycles. The van der Waals surface area contributed by atoms with Crippen LogP contribution >= 0.6 is 0 Å². The Morgan fingerprint density at radius 1 is 0.347 bits per heavy atom. The molecule has 0 aliphatic heterocycles. The summed E-state index contributed by atoms with van der Waals surface area (Å²) >= 11 is 0. The van der Waals surface area contributed by atoms with Gasteiger partial charge in [0.2, 0.25) is 88.6 Å². The van der Waals surface area contributed by atoms with E-state index < -0.39 is 193 Å². The number of aromatic nitrogens is 1. The van der Waals surface area contributed by atoms with Gasteiger partial charge >= 0.3 is 0 Å². The van der Waals surface area contributed by atoms with Gasteiger partial charge in [0.05, 0.1) is 25.7 Å². The second-order valence-electron chi connectivity index (χ2n) is 33.4. The van der Waals surface area contributed by atoms with Crippen molar-refractivity contribution in [1.82, 2.24) is 79.4 Å². The molecule has 3 rings (SSSR count). The van der Waals surface area contributed by atoms with E-state index in [2.05, 4.69) is 79.4 Å². The van der Waals surface area contributed by atoms with Crippen LogP contribution in [-0.2, 0) is 84.8 Å². The number of hydrogen-bond donors (Lipinski definition) is 21. The van der Waals surface area contributed by atoms with E-state index in [9.17, 15) is 67.1 Å². The molecule has 0 bridgehead atoms. The Balaban J connectivity index is 1.85. The summed E-state index contributed by atoms with van der Waals surface area (Å²) in [6, 6.07) is 1.71. The topological polar surface area (TPSA) is 596 Å². The number of nitrogens with two attached hydrogens (primary N) is 6. The van der Waals surface area contributed by atoms with Gasteiger partial charge < -0.3 is 114 Å². The Kier molecular flexibility index (Phi) is 49.0. The first-order valence-electron chi connectivity index (χ1n) is 42.9. The van der Waals surface area contributed by atoms with E-state index in [1.807, 2.05) is 52.0 Å². The number of amides is 15. The van der Waals surface area contributed by atoms with Gasteiger partial charge in [-0.2, -0.15) is 0 Å². The molecule has 0 saturated heterocycles. The number of carbonyl (C=O) groups excluding carboxylic acids is 15. The number of benzene rings is 2. The van der Waals surface area contributed by atoms with Crippen LogP contribution in [0.25, 0.3) is 10.9 Å². The van der Waals surface area contributed by atoms with Crippen molar-refractivity contribution in [2.24, 2.45) is 69.9 Å². The summed E-state index contributed by atoms with van der Waals surface area (Å²) in [4.78, 5) is 213. The number of carbonyl (C=O) groups is 15. The van der Waals surface area contributed by atoms with E-state index in [0.717, 1.165) is 10.9 Å². The summed E-state index contributed by atoms with van der Waals surface area (Å²) in [7, 11) is 0. The molecule has 1 aromatic heterocycles. The fraction of sp³-hybridized carbons (Fsp3) is 0.659. The quantitative estimate of drug-likeness (QED) is 0.0327. The van der Waals surface area contributed by atoms with Crippen molar-refractivity contribution in [3.05, 3.63) is 71.9 Å². The van der Waals surface area contributed by atoms with Gasteiger partial charge in [0.1, 0.15) is 66.5 Å². The fourth-order valence-corrected chi connectivity index (χ4v) is 13.5. The largest absolute Gasteiger partial charge is 0.368 e. The number of para-hydroxylation sites is 1. The highest BCUT2D eigenvalue weighted by molar-refractivity contribution is 6.00. The minimum absolute atomic E-state index is 0.0156. The Morgan fingerprint density at radius 3 is 1.14 bits per heavy atom. The Bertz CT molecular complexity index is 3780. The molecular formula is C85H143N21O15. The van der Waals surface area contributed by atoms with Crippen LogP contribution in [0.3, 0.4) is 0 Å². The molecule has 15 amide bonds. The van der Waals surface area contributed by atoms with Crippen LogP contribution in [0.5, 0.6) is 0 Å². The van der Waals surface area contributed by atoms with Gasteiger partial charge in [0.15, 0.2) is 0 Å². The molecule has 27 N–H and O–H groups in total. The first-order chi connectivity index (χ1) is 57.4. The van der Waals surface area contributed by atoms with E-state index in [4.69, 9.17) is 34.4 Å². The SMILES string of the molecule is CC[C@H](C)[C@H](NC(=O)[C@H](CCCCN)NC(=O)[C@H](CCCCN)NC(=O)[C@H](Cc1ccccc1)NC(=O)[C@H](CC(C)C)NC(=O)[C@H](CCCCN)NC(=O)[C@H](Cc1c[nH]c2ccccc12)NC(=O)[C@@H](N)CCCCN)C(=O)NCC(=O)N[C@@H](CC(C)C)C(=O)NCC(=O)N[C@@H](CC(C)C)C(=O)NCC(=O)N[C@H](C(=O)N[C@@H](CC(C)C)C(N)=O)C(C)C. The summed E-state index contributed by atoms with van der Waals surface area (Å²) in [5.41, 5.74) is 37.4. The molecule has 0 spiro atoms. The number of unbranched alkanes of at least 4 members (excludes halogenated alkanes) is 4. The monoisotopic (exact) mass is 1700 g/mol. The lowest BCUT2D eigenvalue weighted by Gasteiger charge is -2.29. The van der Waals surface area contributed by atoms with E-state index in [1.54, 1.807) is 91.9 Å². The van der Waals surface area contributed by atoms with Crippen LogP contribution in [0, 0.1) is 35.5 Å². The number of primary amides is 1. The number of nitrogens with one attached hydrogen (secondary N) is 15. The maximum absolute atomic E-state index is 15.0. The molecule has 0 aliphatic rings. The highest BCUT2D eigenvalue weighted by atomic mass is 16.2. The molecule has 36 nitrogen and oxygen atoms in total. The highest BCUT2D eigenvalue weighted by Gasteiger charge is 2.38. The number of hydrogen-bond acceptors (Lipinski definition) is 20. The van der Waals surface area contributed by atoms with Gasteiger partial charge in [-0.05, 0) is 175 Å². The molecule has 36 heteroatoms.